The number of nitriles is 2. The third-order valence-electron chi connectivity index (χ3n) is 13.7. The Morgan fingerprint density at radius 2 is 1.15 bits per heavy atom. The van der Waals surface area contributed by atoms with E-state index >= 15 is 0 Å². The molecule has 2 saturated heterocycles. The van der Waals surface area contributed by atoms with Crippen LogP contribution in [0, 0.1) is 39.4 Å². The van der Waals surface area contributed by atoms with Crippen molar-refractivity contribution in [3.63, 3.8) is 0 Å². The highest BCUT2D eigenvalue weighted by Gasteiger charge is 2.41. The van der Waals surface area contributed by atoms with Gasteiger partial charge in [0.2, 0.25) is 20.0 Å². The molecule has 0 bridgehead atoms. The number of aliphatic hydroxyl groups excluding tert-OH is 1. The Hall–Kier alpha value is -6.27. The molecule has 2 aliphatic heterocycles. The summed E-state index contributed by atoms with van der Waals surface area (Å²) < 4.78 is 95.2. The van der Waals surface area contributed by atoms with Crippen molar-refractivity contribution < 1.29 is 79.6 Å². The molecule has 0 saturated carbocycles. The van der Waals surface area contributed by atoms with Gasteiger partial charge in [-0.25, -0.2) is 31.0 Å². The van der Waals surface area contributed by atoms with Gasteiger partial charge in [-0.05, 0) is 115 Å². The normalized spacial score (nSPS) is 17.5. The van der Waals surface area contributed by atoms with Gasteiger partial charge in [-0.2, -0.15) is 19.1 Å². The van der Waals surface area contributed by atoms with Gasteiger partial charge in [0.05, 0.1) is 55.5 Å². The molecule has 0 aliphatic carbocycles. The number of methoxy groups -OCH3 is 2. The highest BCUT2D eigenvalue weighted by atomic mass is 32.2. The monoisotopic (exact) mass is 1230 g/mol. The molecule has 28 heteroatoms. The largest absolute Gasteiger partial charge is 0.496 e. The van der Waals surface area contributed by atoms with Crippen molar-refractivity contribution in [1.29, 1.82) is 10.5 Å². The van der Waals surface area contributed by atoms with Crippen LogP contribution < -0.4 is 32.0 Å². The fourth-order valence-corrected chi connectivity index (χ4v) is 13.3. The van der Waals surface area contributed by atoms with Gasteiger partial charge in [0, 0.05) is 37.9 Å². The number of nitrogens with zero attached hydrogens (tertiary/aromatic N) is 4. The SMILES string of the molecule is COc1ccc(S(=O)(=O)N(Cc2ccccc2)[C@H](NC(=O)O)[C@@H](C)O)cc1CC(C)(C)CCC#N.COc1ccc(S(=O)(=O)N(Cc2ccccc2)[C@H](NC(=O)O)[C@H](C)OP(=O)(O)O)cc1CC(C)(C)CCC#N.N.N[C@H]1CO[C@H]2OCC[C@H]21. The Labute approximate surface area is 492 Å². The third kappa shape index (κ3) is 21.7. The lowest BCUT2D eigenvalue weighted by Crippen LogP contribution is -2.55. The number of benzene rings is 4. The van der Waals surface area contributed by atoms with E-state index in [-0.39, 0.29) is 52.2 Å². The molecular weight excluding hydrogens is 1150 g/mol. The zero-order valence-electron chi connectivity index (χ0n) is 48.5. The van der Waals surface area contributed by atoms with Gasteiger partial charge in [-0.3, -0.25) is 4.52 Å². The molecule has 2 fully saturated rings. The number of ether oxygens (including phenoxy) is 4. The van der Waals surface area contributed by atoms with Gasteiger partial charge in [0.1, 0.15) is 29.9 Å². The highest BCUT2D eigenvalue weighted by molar-refractivity contribution is 7.89. The number of nitrogens with two attached hydrogens (primary N) is 1. The maximum atomic E-state index is 14.1. The first-order chi connectivity index (χ1) is 38.9. The highest BCUT2D eigenvalue weighted by Crippen LogP contribution is 2.40. The summed E-state index contributed by atoms with van der Waals surface area (Å²) in [6, 6.07) is 30.2. The van der Waals surface area contributed by atoms with E-state index in [1.54, 1.807) is 66.7 Å². The number of sulfonamides is 2. The van der Waals surface area contributed by atoms with Gasteiger partial charge in [-0.1, -0.05) is 88.4 Å². The van der Waals surface area contributed by atoms with E-state index in [1.165, 1.54) is 51.5 Å². The fourth-order valence-electron chi connectivity index (χ4n) is 9.45. The molecule has 2 amide bonds. The van der Waals surface area contributed by atoms with Crippen molar-refractivity contribution in [3.05, 3.63) is 119 Å². The Balaban J connectivity index is 0.000000378. The molecule has 0 aromatic heterocycles. The van der Waals surface area contributed by atoms with Crippen LogP contribution in [0.3, 0.4) is 0 Å². The van der Waals surface area contributed by atoms with Crippen molar-refractivity contribution in [3.8, 4) is 23.6 Å². The summed E-state index contributed by atoms with van der Waals surface area (Å²) >= 11 is 0. The quantitative estimate of drug-likeness (QED) is 0.0217. The van der Waals surface area contributed by atoms with Crippen molar-refractivity contribution in [1.82, 2.24) is 25.4 Å². The number of hydrogen-bond acceptors (Lipinski definition) is 17. The first-order valence-corrected chi connectivity index (χ1v) is 30.9. The number of carboxylic acid groups (broad SMARTS) is 2. The zero-order valence-corrected chi connectivity index (χ0v) is 51.1. The molecule has 2 aliphatic rings. The van der Waals surface area contributed by atoms with Crippen LogP contribution in [0.5, 0.6) is 11.5 Å². The second-order valence-corrected chi connectivity index (χ2v) is 26.5. The average molecular weight is 1230 g/mol. The Bertz CT molecular complexity index is 3130. The molecule has 4 aromatic rings. The number of carbonyl (C=O) groups is 2. The molecule has 84 heavy (non-hydrogen) atoms. The van der Waals surface area contributed by atoms with Gasteiger partial charge < -0.3 is 66.6 Å². The van der Waals surface area contributed by atoms with Crippen molar-refractivity contribution in [2.45, 2.75) is 146 Å². The summed E-state index contributed by atoms with van der Waals surface area (Å²) in [5, 5.41) is 51.2. The number of aliphatic hydroxyl groups is 1. The lowest BCUT2D eigenvalue weighted by Gasteiger charge is -2.34. The Morgan fingerprint density at radius 1 is 0.738 bits per heavy atom. The molecule has 2 heterocycles. The second kappa shape index (κ2) is 32.3. The molecule has 25 nitrogen and oxygen atoms in total. The molecule has 0 spiro atoms. The van der Waals surface area contributed by atoms with E-state index in [0.717, 1.165) is 28.6 Å². The van der Waals surface area contributed by atoms with Crippen LogP contribution in [-0.4, -0.2) is 127 Å². The Morgan fingerprint density at radius 3 is 1.52 bits per heavy atom. The van der Waals surface area contributed by atoms with Gasteiger partial charge in [-0.15, -0.1) is 0 Å². The predicted octanol–water partition coefficient (Wildman–Crippen LogP) is 7.45. The zero-order chi connectivity index (χ0) is 61.9. The predicted molar refractivity (Wildman–Crippen MR) is 310 cm³/mol. The van der Waals surface area contributed by atoms with E-state index in [4.69, 9.17) is 39.7 Å². The number of amides is 2. The summed E-state index contributed by atoms with van der Waals surface area (Å²) in [5.74, 6) is 1.43. The molecule has 12 N–H and O–H groups in total. The average Bonchev–Trinajstić information content (AvgIpc) is 1.52. The van der Waals surface area contributed by atoms with Crippen LogP contribution in [0.1, 0.15) is 95.9 Å². The second-order valence-electron chi connectivity index (χ2n) is 21.5. The molecule has 4 aromatic carbocycles. The summed E-state index contributed by atoms with van der Waals surface area (Å²) in [4.78, 5) is 41.5. The smallest absolute Gasteiger partial charge is 0.469 e. The number of rotatable bonds is 26. The fraction of sp³-hybridized carbons (Fsp3) is 0.500. The maximum Gasteiger partial charge on any atom is 0.469 e. The number of phosphoric ester groups is 1. The number of hydrogen-bond donors (Lipinski definition) is 9. The lowest BCUT2D eigenvalue weighted by molar-refractivity contribution is -0.0905. The maximum absolute atomic E-state index is 14.1. The van der Waals surface area contributed by atoms with Crippen LogP contribution in [0.25, 0.3) is 0 Å². The van der Waals surface area contributed by atoms with E-state index < -0.39 is 64.6 Å². The van der Waals surface area contributed by atoms with E-state index in [2.05, 4.69) is 17.5 Å². The van der Waals surface area contributed by atoms with Crippen LogP contribution in [-0.2, 0) is 64.5 Å². The summed E-state index contributed by atoms with van der Waals surface area (Å²) in [7, 11) is -10.9. The van der Waals surface area contributed by atoms with Crippen LogP contribution in [0.2, 0.25) is 0 Å². The molecule has 464 valence electrons. The minimum Gasteiger partial charge on any atom is -0.496 e. The Kier molecular flexibility index (Phi) is 27.7. The van der Waals surface area contributed by atoms with Crippen molar-refractivity contribution in [2.24, 2.45) is 22.5 Å². The minimum absolute atomic E-state index is 0. The molecule has 6 rings (SSSR count). The van der Waals surface area contributed by atoms with Crippen LogP contribution >= 0.6 is 7.82 Å². The number of nitrogens with one attached hydrogen (secondary N) is 2. The first-order valence-electron chi connectivity index (χ1n) is 26.5. The van der Waals surface area contributed by atoms with Crippen LogP contribution in [0.4, 0.5) is 9.59 Å². The van der Waals surface area contributed by atoms with Crippen molar-refractivity contribution >= 4 is 40.1 Å². The van der Waals surface area contributed by atoms with Gasteiger partial charge >= 0.3 is 20.0 Å². The standard InChI is InChI=1S/C25H34N3O9PS.C25H33N3O6S.C6H11NO2.H3N/c1-18(37-38(31,32)33)23(27-24(29)30)28(17-19-9-6-5-7-10-19)39(34,35)21-11-12-22(36-4)20(15-21)16-25(2,3)13-8-14-26;1-18(29)23(27-24(30)31)28(17-19-9-6-5-7-10-19)35(32,33)21-11-12-22(34-4)20(15-21)16-25(2,3)13-8-14-26;7-5-3-9-6-4(5)1-2-8-6;/h5-7,9-12,15,18,23,27H,8,13,16-17H2,1-4H3,(H,29,30)(H2,31,32,33);5-7,9-12,15,18,23,27,29H,8,13,16-17H2,1-4H3,(H,30,31);4-6H,1-3,7H2;1H3/t18-,23-;18-,23+;4-,5-,6+;/m010./s1. The van der Waals surface area contributed by atoms with Crippen LogP contribution in [0.15, 0.2) is 107 Å². The molecule has 0 unspecified atom stereocenters. The first kappa shape index (κ1) is 72.0. The minimum atomic E-state index is -5.11. The van der Waals surface area contributed by atoms with E-state index in [1.807, 2.05) is 33.0 Å². The van der Waals surface area contributed by atoms with Gasteiger partial charge in [0.15, 0.2) is 6.29 Å². The summed E-state index contributed by atoms with van der Waals surface area (Å²) in [6.45, 7) is 11.4. The summed E-state index contributed by atoms with van der Waals surface area (Å²) in [6.07, 6.45) is -5.30. The molecule has 0 radical (unpaired) electrons. The van der Waals surface area contributed by atoms with Gasteiger partial charge in [0.25, 0.3) is 0 Å². The van der Waals surface area contributed by atoms with E-state index in [0.29, 0.717) is 84.8 Å². The third-order valence-corrected chi connectivity index (χ3v) is 18.0. The number of fused-ring (bicyclic) bond motifs is 1. The molecule has 7 atom stereocenters. The lowest BCUT2D eigenvalue weighted by atomic mass is 9.81. The topological polar surface area (TPSA) is 406 Å². The summed E-state index contributed by atoms with van der Waals surface area (Å²) in [5.41, 5.74) is 7.39. The van der Waals surface area contributed by atoms with E-state index in [9.17, 15) is 56.1 Å². The van der Waals surface area contributed by atoms with Crippen molar-refractivity contribution in [2.75, 3.05) is 27.4 Å². The number of phosphoric acid groups is 1. The molecular formula is C56H81N8O17PS2.